The van der Waals surface area contributed by atoms with Crippen molar-refractivity contribution in [2.45, 2.75) is 6.04 Å². The molecule has 0 radical (unpaired) electrons. The van der Waals surface area contributed by atoms with Crippen LogP contribution in [0.4, 0.5) is 0 Å². The van der Waals surface area contributed by atoms with Crippen LogP contribution < -0.4 is 5.32 Å². The maximum absolute atomic E-state index is 12.2. The summed E-state index contributed by atoms with van der Waals surface area (Å²) >= 11 is 7.42. The first-order valence-electron chi connectivity index (χ1n) is 10.3. The van der Waals surface area contributed by atoms with Crippen LogP contribution >= 0.6 is 22.9 Å². The van der Waals surface area contributed by atoms with Crippen molar-refractivity contribution in [1.29, 1.82) is 0 Å². The Balaban J connectivity index is 1.32. The van der Waals surface area contributed by atoms with Crippen molar-refractivity contribution in [1.82, 2.24) is 15.1 Å². The summed E-state index contributed by atoms with van der Waals surface area (Å²) in [5, 5.41) is 5.36. The maximum Gasteiger partial charge on any atom is 0.262 e. The summed E-state index contributed by atoms with van der Waals surface area (Å²) in [6.45, 7) is 5.47. The largest absolute Gasteiger partial charge is 0.350 e. The van der Waals surface area contributed by atoms with Crippen molar-refractivity contribution in [2.24, 2.45) is 0 Å². The van der Waals surface area contributed by atoms with Gasteiger partial charge in [0.05, 0.1) is 11.1 Å². The monoisotopic (exact) mass is 439 g/mol. The summed E-state index contributed by atoms with van der Waals surface area (Å²) in [6, 6.07) is 23.5. The number of hydrogen-bond donors (Lipinski definition) is 1. The first-order valence-corrected chi connectivity index (χ1v) is 11.6. The van der Waals surface area contributed by atoms with E-state index in [4.69, 9.17) is 11.6 Å². The van der Waals surface area contributed by atoms with E-state index < -0.39 is 0 Å². The summed E-state index contributed by atoms with van der Waals surface area (Å²) < 4.78 is 0. The van der Waals surface area contributed by atoms with Crippen LogP contribution in [-0.4, -0.2) is 55.0 Å². The van der Waals surface area contributed by atoms with Gasteiger partial charge in [0, 0.05) is 39.3 Å². The molecule has 1 N–H and O–H groups in total. The number of halogens is 1. The van der Waals surface area contributed by atoms with Crippen molar-refractivity contribution in [3.63, 3.8) is 0 Å². The second-order valence-corrected chi connectivity index (χ2v) is 8.78. The van der Waals surface area contributed by atoms with E-state index in [0.717, 1.165) is 32.7 Å². The lowest BCUT2D eigenvalue weighted by Crippen LogP contribution is -2.49. The van der Waals surface area contributed by atoms with E-state index in [2.05, 4.69) is 75.8 Å². The van der Waals surface area contributed by atoms with Gasteiger partial charge in [-0.2, -0.15) is 0 Å². The smallest absolute Gasteiger partial charge is 0.262 e. The van der Waals surface area contributed by atoms with Crippen molar-refractivity contribution in [3.8, 4) is 0 Å². The van der Waals surface area contributed by atoms with E-state index in [9.17, 15) is 4.79 Å². The molecule has 0 saturated carbocycles. The molecule has 1 fully saturated rings. The highest BCUT2D eigenvalue weighted by molar-refractivity contribution is 7.12. The zero-order valence-electron chi connectivity index (χ0n) is 16.8. The predicted molar refractivity (Wildman–Crippen MR) is 124 cm³/mol. The number of carbonyl (C=O) groups is 1. The third-order valence-electron chi connectivity index (χ3n) is 5.54. The second-order valence-electron chi connectivity index (χ2n) is 7.46. The van der Waals surface area contributed by atoms with Gasteiger partial charge in [0.15, 0.2) is 0 Å². The average Bonchev–Trinajstić information content (AvgIpc) is 3.22. The summed E-state index contributed by atoms with van der Waals surface area (Å²) in [4.78, 5) is 17.8. The molecule has 2 heterocycles. The number of thiophene rings is 1. The number of benzene rings is 2. The Labute approximate surface area is 187 Å². The number of hydrogen-bond acceptors (Lipinski definition) is 4. The van der Waals surface area contributed by atoms with Gasteiger partial charge in [-0.3, -0.25) is 14.6 Å². The van der Waals surface area contributed by atoms with Crippen molar-refractivity contribution < 1.29 is 4.79 Å². The van der Waals surface area contributed by atoms with Gasteiger partial charge >= 0.3 is 0 Å². The van der Waals surface area contributed by atoms with Gasteiger partial charge in [-0.05, 0) is 22.6 Å². The molecule has 4 nitrogen and oxygen atoms in total. The molecule has 1 saturated heterocycles. The molecule has 0 aliphatic carbocycles. The highest BCUT2D eigenvalue weighted by Gasteiger charge is 2.26. The Morgan fingerprint density at radius 3 is 2.07 bits per heavy atom. The molecule has 156 valence electrons. The van der Waals surface area contributed by atoms with Crippen LogP contribution in [0, 0.1) is 0 Å². The summed E-state index contributed by atoms with van der Waals surface area (Å²) in [5.74, 6) is -0.0816. The van der Waals surface area contributed by atoms with Crippen molar-refractivity contribution >= 4 is 28.8 Å². The zero-order valence-corrected chi connectivity index (χ0v) is 18.4. The Bertz CT molecular complexity index is 900. The number of amides is 1. The summed E-state index contributed by atoms with van der Waals surface area (Å²) in [6.07, 6.45) is 0. The highest BCUT2D eigenvalue weighted by atomic mass is 35.5. The molecule has 1 aromatic heterocycles. The quantitative estimate of drug-likeness (QED) is 0.587. The lowest BCUT2D eigenvalue weighted by Gasteiger charge is -2.39. The molecule has 3 aromatic rings. The lowest BCUT2D eigenvalue weighted by atomic mass is 9.96. The minimum Gasteiger partial charge on any atom is -0.350 e. The van der Waals surface area contributed by atoms with Crippen LogP contribution in [0.1, 0.15) is 26.8 Å². The number of carbonyl (C=O) groups excluding carboxylic acids is 1. The molecular weight excluding hydrogens is 414 g/mol. The summed E-state index contributed by atoms with van der Waals surface area (Å²) in [7, 11) is 0. The molecule has 0 spiro atoms. The van der Waals surface area contributed by atoms with Gasteiger partial charge in [0.1, 0.15) is 4.88 Å². The minimum atomic E-state index is -0.0816. The normalized spacial score (nSPS) is 15.4. The molecule has 1 aliphatic rings. The Kier molecular flexibility index (Phi) is 7.18. The second kappa shape index (κ2) is 10.2. The van der Waals surface area contributed by atoms with Crippen molar-refractivity contribution in [3.05, 3.63) is 93.1 Å². The fourth-order valence-electron chi connectivity index (χ4n) is 3.99. The molecule has 0 atom stereocenters. The third-order valence-corrected chi connectivity index (χ3v) is 6.88. The summed E-state index contributed by atoms with van der Waals surface area (Å²) in [5.41, 5.74) is 2.66. The van der Waals surface area contributed by atoms with E-state index in [1.54, 1.807) is 6.07 Å². The molecule has 4 rings (SSSR count). The SMILES string of the molecule is O=C(NCCN1CCN(C(c2ccccc2)c2ccccc2)CC1)c1sccc1Cl. The molecule has 6 heteroatoms. The van der Waals surface area contributed by atoms with Crippen LogP contribution in [0.2, 0.25) is 5.02 Å². The van der Waals surface area contributed by atoms with Gasteiger partial charge < -0.3 is 5.32 Å². The van der Waals surface area contributed by atoms with Crippen LogP contribution in [0.5, 0.6) is 0 Å². The number of nitrogens with zero attached hydrogens (tertiary/aromatic N) is 2. The van der Waals surface area contributed by atoms with E-state index in [1.807, 2.05) is 5.38 Å². The van der Waals surface area contributed by atoms with E-state index in [-0.39, 0.29) is 11.9 Å². The van der Waals surface area contributed by atoms with E-state index >= 15 is 0 Å². The van der Waals surface area contributed by atoms with Crippen molar-refractivity contribution in [2.75, 3.05) is 39.3 Å². The van der Waals surface area contributed by atoms with E-state index in [0.29, 0.717) is 16.4 Å². The minimum absolute atomic E-state index is 0.0816. The standard InChI is InChI=1S/C24H26ClN3OS/c25-21-11-18-30-23(21)24(29)26-12-13-27-14-16-28(17-15-27)22(19-7-3-1-4-8-19)20-9-5-2-6-10-20/h1-11,18,22H,12-17H2,(H,26,29). The number of piperazine rings is 1. The fraction of sp³-hybridized carbons (Fsp3) is 0.292. The highest BCUT2D eigenvalue weighted by Crippen LogP contribution is 2.29. The third kappa shape index (κ3) is 5.10. The molecule has 30 heavy (non-hydrogen) atoms. The number of nitrogens with one attached hydrogen (secondary N) is 1. The molecule has 2 aromatic carbocycles. The van der Waals surface area contributed by atoms with Crippen LogP contribution in [0.15, 0.2) is 72.1 Å². The first kappa shape index (κ1) is 21.1. The van der Waals surface area contributed by atoms with E-state index in [1.165, 1.54) is 22.5 Å². The van der Waals surface area contributed by atoms with Gasteiger partial charge in [-0.1, -0.05) is 72.3 Å². The molecule has 1 aliphatic heterocycles. The van der Waals surface area contributed by atoms with Crippen LogP contribution in [-0.2, 0) is 0 Å². The topological polar surface area (TPSA) is 35.6 Å². The molecule has 0 unspecified atom stereocenters. The first-order chi connectivity index (χ1) is 14.7. The fourth-order valence-corrected chi connectivity index (χ4v) is 5.05. The maximum atomic E-state index is 12.2. The average molecular weight is 440 g/mol. The zero-order chi connectivity index (χ0) is 20.8. The lowest BCUT2D eigenvalue weighted by molar-refractivity contribution is 0.0924. The molecular formula is C24H26ClN3OS. The van der Waals surface area contributed by atoms with Gasteiger partial charge in [-0.25, -0.2) is 0 Å². The van der Waals surface area contributed by atoms with Gasteiger partial charge in [-0.15, -0.1) is 11.3 Å². The van der Waals surface area contributed by atoms with Gasteiger partial charge in [0.2, 0.25) is 0 Å². The Morgan fingerprint density at radius 1 is 0.933 bits per heavy atom. The van der Waals surface area contributed by atoms with Crippen LogP contribution in [0.3, 0.4) is 0 Å². The molecule has 0 bridgehead atoms. The van der Waals surface area contributed by atoms with Crippen LogP contribution in [0.25, 0.3) is 0 Å². The molecule has 1 amide bonds. The number of rotatable bonds is 7. The Hall–Kier alpha value is -2.18. The Morgan fingerprint density at radius 2 is 1.53 bits per heavy atom. The predicted octanol–water partition coefficient (Wildman–Crippen LogP) is 4.54. The van der Waals surface area contributed by atoms with Gasteiger partial charge in [0.25, 0.3) is 5.91 Å².